The lowest BCUT2D eigenvalue weighted by Crippen LogP contribution is -2.48. The Bertz CT molecular complexity index is 1460. The van der Waals surface area contributed by atoms with Crippen molar-refractivity contribution in [2.75, 3.05) is 66.0 Å². The molecule has 1 aromatic heterocycles. The summed E-state index contributed by atoms with van der Waals surface area (Å²) in [4.78, 5) is 24.7. The van der Waals surface area contributed by atoms with Crippen LogP contribution >= 0.6 is 15.9 Å². The van der Waals surface area contributed by atoms with E-state index in [-0.39, 0.29) is 5.91 Å². The zero-order valence-electron chi connectivity index (χ0n) is 22.5. The van der Waals surface area contributed by atoms with E-state index in [9.17, 15) is 4.79 Å². The number of amides is 1. The maximum atomic E-state index is 11.9. The lowest BCUT2D eigenvalue weighted by molar-refractivity contribution is -0.134. The summed E-state index contributed by atoms with van der Waals surface area (Å²) in [5.41, 5.74) is 1.35. The van der Waals surface area contributed by atoms with E-state index in [2.05, 4.69) is 48.0 Å². The molecule has 0 aliphatic carbocycles. The van der Waals surface area contributed by atoms with Gasteiger partial charge < -0.3 is 33.9 Å². The second kappa shape index (κ2) is 12.6. The van der Waals surface area contributed by atoms with Crippen LogP contribution in [0, 0.1) is 11.8 Å². The van der Waals surface area contributed by atoms with Gasteiger partial charge in [0.1, 0.15) is 18.8 Å². The number of benzene rings is 2. The smallest absolute Gasteiger partial charge is 0.326 e. The summed E-state index contributed by atoms with van der Waals surface area (Å²) in [6.45, 7) is 3.63. The van der Waals surface area contributed by atoms with Crippen LogP contribution in [-0.4, -0.2) is 92.7 Å². The minimum atomic E-state index is -0.825. The highest BCUT2D eigenvalue weighted by molar-refractivity contribution is 9.10. The Morgan fingerprint density at radius 1 is 1.15 bits per heavy atom. The third-order valence-electron chi connectivity index (χ3n) is 6.51. The van der Waals surface area contributed by atoms with E-state index in [0.29, 0.717) is 65.0 Å². The van der Waals surface area contributed by atoms with Crippen molar-refractivity contribution in [3.05, 3.63) is 40.6 Å². The van der Waals surface area contributed by atoms with Crippen molar-refractivity contribution in [2.24, 2.45) is 0 Å². The average Bonchev–Trinajstić information content (AvgIpc) is 3.35. The topological polar surface area (TPSA) is 108 Å². The van der Waals surface area contributed by atoms with Crippen molar-refractivity contribution >= 4 is 38.6 Å². The minimum absolute atomic E-state index is 0.147. The number of nitrogens with one attached hydrogen (secondary N) is 1. The van der Waals surface area contributed by atoms with Crippen molar-refractivity contribution in [2.45, 2.75) is 12.8 Å². The van der Waals surface area contributed by atoms with Crippen LogP contribution in [0.3, 0.4) is 0 Å². The van der Waals surface area contributed by atoms with Gasteiger partial charge >= 0.3 is 6.41 Å². The third-order valence-corrected chi connectivity index (χ3v) is 6.96. The molecular formula is C28H30BrN5O6. The van der Waals surface area contributed by atoms with Crippen molar-refractivity contribution in [1.29, 1.82) is 0 Å². The van der Waals surface area contributed by atoms with Gasteiger partial charge in [-0.3, -0.25) is 9.69 Å². The number of hydrogen-bond donors (Lipinski definition) is 1. The van der Waals surface area contributed by atoms with Crippen molar-refractivity contribution in [1.82, 2.24) is 19.8 Å². The first kappa shape index (κ1) is 27.8. The van der Waals surface area contributed by atoms with Crippen LogP contribution in [0.4, 0.5) is 5.82 Å². The lowest BCUT2D eigenvalue weighted by Gasteiger charge is -2.31. The molecule has 2 aliphatic rings. The summed E-state index contributed by atoms with van der Waals surface area (Å²) in [6, 6.07) is 7.34. The number of methoxy groups -OCH3 is 2. The van der Waals surface area contributed by atoms with Gasteiger partial charge in [0.25, 0.3) is 0 Å². The van der Waals surface area contributed by atoms with E-state index in [1.807, 2.05) is 31.3 Å². The number of carbonyl (C=O) groups excluding carboxylic acids is 1. The molecule has 2 aromatic carbocycles. The molecule has 1 N–H and O–H groups in total. The number of fused-ring (bicyclic) bond motifs is 2. The summed E-state index contributed by atoms with van der Waals surface area (Å²) in [6.07, 6.45) is 1.42. The number of ether oxygens (including phenoxy) is 5. The van der Waals surface area contributed by atoms with Gasteiger partial charge in [-0.1, -0.05) is 27.8 Å². The van der Waals surface area contributed by atoms with Crippen LogP contribution < -0.4 is 24.3 Å². The van der Waals surface area contributed by atoms with E-state index >= 15 is 0 Å². The van der Waals surface area contributed by atoms with Crippen molar-refractivity contribution < 1.29 is 28.5 Å². The molecule has 0 saturated carbocycles. The van der Waals surface area contributed by atoms with Gasteiger partial charge in [0.2, 0.25) is 5.91 Å². The largest absolute Gasteiger partial charge is 0.493 e. The van der Waals surface area contributed by atoms with Crippen LogP contribution in [0.25, 0.3) is 10.9 Å². The van der Waals surface area contributed by atoms with E-state index in [0.717, 1.165) is 30.5 Å². The van der Waals surface area contributed by atoms with Crippen LogP contribution in [0.1, 0.15) is 12.0 Å². The average molecular weight is 612 g/mol. The molecule has 0 spiro atoms. The maximum Gasteiger partial charge on any atom is 0.326 e. The van der Waals surface area contributed by atoms with E-state index in [4.69, 9.17) is 23.7 Å². The lowest BCUT2D eigenvalue weighted by atomic mass is 10.2. The van der Waals surface area contributed by atoms with E-state index < -0.39 is 6.41 Å². The van der Waals surface area contributed by atoms with Crippen LogP contribution in [0.15, 0.2) is 35.1 Å². The molecule has 40 heavy (non-hydrogen) atoms. The number of rotatable bonds is 9. The Morgan fingerprint density at radius 3 is 2.83 bits per heavy atom. The summed E-state index contributed by atoms with van der Waals surface area (Å²) in [5.74, 6) is 8.88. The summed E-state index contributed by atoms with van der Waals surface area (Å²) >= 11 is 3.49. The van der Waals surface area contributed by atoms with E-state index in [1.165, 1.54) is 6.33 Å². The van der Waals surface area contributed by atoms with Gasteiger partial charge in [-0.2, -0.15) is 0 Å². The molecule has 1 fully saturated rings. The van der Waals surface area contributed by atoms with Gasteiger partial charge in [0.05, 0.1) is 31.3 Å². The number of hydrogen-bond acceptors (Lipinski definition) is 10. The molecule has 11 nitrogen and oxygen atoms in total. The zero-order chi connectivity index (χ0) is 28.1. The van der Waals surface area contributed by atoms with Crippen molar-refractivity contribution in [3.63, 3.8) is 0 Å². The predicted octanol–water partition coefficient (Wildman–Crippen LogP) is 3.11. The van der Waals surface area contributed by atoms with Crippen LogP contribution in [0.2, 0.25) is 0 Å². The Kier molecular flexibility index (Phi) is 8.74. The SMILES string of the molecule is COCC#Cc1cc(Br)cc2c1OC(Nc1ncnc3cc(OCCCN4CCN(C)C(=O)C4)c(OC)cc13)O2. The fraction of sp³-hybridized carbons (Fsp3) is 0.393. The second-order valence-electron chi connectivity index (χ2n) is 9.26. The van der Waals surface area contributed by atoms with Gasteiger partial charge in [0, 0.05) is 49.7 Å². The second-order valence-corrected chi connectivity index (χ2v) is 10.2. The van der Waals surface area contributed by atoms with E-state index in [1.54, 1.807) is 19.1 Å². The number of aromatic nitrogens is 2. The molecule has 3 aromatic rings. The standard InChI is InChI=1S/C28H30BrN5O6/c1-33-8-9-34(16-25(33)35)7-5-11-38-23-15-21-20(14-22(23)37-3)27(31-17-30-21)32-28-39-24-13-19(29)12-18(26(24)40-28)6-4-10-36-2/h12-15,17,28H,5,7-11,16H2,1-3H3,(H,30,31,32). The third kappa shape index (κ3) is 6.33. The molecule has 1 saturated heterocycles. The van der Waals surface area contributed by atoms with Crippen LogP contribution in [0.5, 0.6) is 23.0 Å². The summed E-state index contributed by atoms with van der Waals surface area (Å²) in [5, 5.41) is 3.91. The number of likely N-dealkylation sites (N-methyl/N-ethyl adjacent to an activating group) is 1. The molecule has 1 atom stereocenters. The zero-order valence-corrected chi connectivity index (χ0v) is 24.1. The Morgan fingerprint density at radius 2 is 2.02 bits per heavy atom. The number of carbonyl (C=O) groups is 1. The molecule has 5 rings (SSSR count). The number of anilines is 1. The molecule has 1 amide bonds. The molecule has 1 unspecified atom stereocenters. The molecule has 2 aliphatic heterocycles. The fourth-order valence-electron chi connectivity index (χ4n) is 4.41. The Hall–Kier alpha value is -3.79. The highest BCUT2D eigenvalue weighted by atomic mass is 79.9. The summed E-state index contributed by atoms with van der Waals surface area (Å²) < 4.78 is 29.5. The van der Waals surface area contributed by atoms with Gasteiger partial charge in [-0.15, -0.1) is 0 Å². The van der Waals surface area contributed by atoms with Gasteiger partial charge in [-0.25, -0.2) is 9.97 Å². The van der Waals surface area contributed by atoms with Gasteiger partial charge in [0.15, 0.2) is 23.0 Å². The Labute approximate surface area is 240 Å². The molecular weight excluding hydrogens is 582 g/mol. The molecule has 12 heteroatoms. The molecule has 0 radical (unpaired) electrons. The number of halogens is 1. The molecule has 210 valence electrons. The molecule has 0 bridgehead atoms. The fourth-order valence-corrected chi connectivity index (χ4v) is 4.85. The summed E-state index contributed by atoms with van der Waals surface area (Å²) in [7, 11) is 5.02. The number of nitrogens with zero attached hydrogens (tertiary/aromatic N) is 4. The van der Waals surface area contributed by atoms with Crippen molar-refractivity contribution in [3.8, 4) is 34.8 Å². The Balaban J connectivity index is 1.26. The first-order valence-electron chi connectivity index (χ1n) is 12.8. The highest BCUT2D eigenvalue weighted by Crippen LogP contribution is 2.41. The first-order valence-corrected chi connectivity index (χ1v) is 13.6. The highest BCUT2D eigenvalue weighted by Gasteiger charge is 2.28. The molecule has 3 heterocycles. The predicted molar refractivity (Wildman–Crippen MR) is 152 cm³/mol. The monoisotopic (exact) mass is 611 g/mol. The number of piperazine rings is 1. The minimum Gasteiger partial charge on any atom is -0.493 e. The normalized spacial score (nSPS) is 16.6. The van der Waals surface area contributed by atoms with Gasteiger partial charge in [-0.05, 0) is 24.6 Å². The quantitative estimate of drug-likeness (QED) is 0.286. The van der Waals surface area contributed by atoms with Crippen LogP contribution in [-0.2, 0) is 9.53 Å². The maximum absolute atomic E-state index is 11.9. The first-order chi connectivity index (χ1) is 19.4.